The summed E-state index contributed by atoms with van der Waals surface area (Å²) >= 11 is 2.23. The van der Waals surface area contributed by atoms with Gasteiger partial charge in [0.1, 0.15) is 18.1 Å². The van der Waals surface area contributed by atoms with E-state index in [1.807, 2.05) is 54.6 Å². The normalized spacial score (nSPS) is 26.6. The zero-order chi connectivity index (χ0) is 26.6. The number of carbonyl (C=O) groups excluding carboxylic acids is 4. The van der Waals surface area contributed by atoms with Crippen molar-refractivity contribution < 1.29 is 19.2 Å². The Bertz CT molecular complexity index is 1190. The Balaban J connectivity index is 1.46. The third-order valence-electron chi connectivity index (χ3n) is 7.75. The topological polar surface area (TPSA) is 98.8 Å². The van der Waals surface area contributed by atoms with Gasteiger partial charge in [0.2, 0.25) is 23.6 Å². The molecule has 200 valence electrons. The second-order valence-electron chi connectivity index (χ2n) is 10.4. The Morgan fingerprint density at radius 1 is 0.737 bits per heavy atom. The smallest absolute Gasteiger partial charge is 0.246 e. The lowest BCUT2D eigenvalue weighted by Crippen LogP contribution is -2.56. The van der Waals surface area contributed by atoms with E-state index in [2.05, 4.69) is 33.2 Å². The lowest BCUT2D eigenvalue weighted by atomic mass is 10.0. The van der Waals surface area contributed by atoms with Crippen molar-refractivity contribution in [1.29, 1.82) is 0 Å². The van der Waals surface area contributed by atoms with Crippen LogP contribution in [0, 0.1) is 3.57 Å². The van der Waals surface area contributed by atoms with Crippen LogP contribution in [0.4, 0.5) is 0 Å². The Kier molecular flexibility index (Phi) is 8.30. The highest BCUT2D eigenvalue weighted by molar-refractivity contribution is 14.1. The first-order valence-corrected chi connectivity index (χ1v) is 14.5. The molecule has 8 nitrogen and oxygen atoms in total. The summed E-state index contributed by atoms with van der Waals surface area (Å²) in [5, 5.41) is 6.04. The summed E-state index contributed by atoms with van der Waals surface area (Å²) < 4.78 is 1.08. The highest BCUT2D eigenvalue weighted by Crippen LogP contribution is 2.27. The molecule has 2 N–H and O–H groups in total. The van der Waals surface area contributed by atoms with Crippen LogP contribution in [0.5, 0.6) is 0 Å². The highest BCUT2D eigenvalue weighted by Gasteiger charge is 2.44. The van der Waals surface area contributed by atoms with E-state index in [-0.39, 0.29) is 30.0 Å². The van der Waals surface area contributed by atoms with Gasteiger partial charge in [-0.1, -0.05) is 42.5 Å². The number of amides is 4. The van der Waals surface area contributed by atoms with Gasteiger partial charge in [0, 0.05) is 35.5 Å². The first-order valence-electron chi connectivity index (χ1n) is 13.4. The molecule has 5 rings (SSSR count). The Morgan fingerprint density at radius 3 is 2.08 bits per heavy atom. The SMILES string of the molecule is O=C1C[C@H](Cc2ccccc2)NC(=O)[C@@H]2CCCN2C(=O)[C@@H]2CCCN2C(=O)[C@H](Cc2ccc(I)cc2)N1. The molecule has 3 saturated heterocycles. The number of nitrogens with zero attached hydrogens (tertiary/aromatic N) is 2. The van der Waals surface area contributed by atoms with Gasteiger partial charge < -0.3 is 20.4 Å². The molecule has 4 atom stereocenters. The van der Waals surface area contributed by atoms with Gasteiger partial charge in [-0.25, -0.2) is 0 Å². The Morgan fingerprint density at radius 2 is 1.37 bits per heavy atom. The van der Waals surface area contributed by atoms with Crippen molar-refractivity contribution in [2.45, 2.75) is 69.1 Å². The summed E-state index contributed by atoms with van der Waals surface area (Å²) in [6.45, 7) is 0.970. The second-order valence-corrected chi connectivity index (χ2v) is 11.7. The molecule has 3 aliphatic rings. The van der Waals surface area contributed by atoms with E-state index in [9.17, 15) is 19.2 Å². The largest absolute Gasteiger partial charge is 0.351 e. The van der Waals surface area contributed by atoms with Crippen LogP contribution in [0.2, 0.25) is 0 Å². The van der Waals surface area contributed by atoms with E-state index in [0.29, 0.717) is 38.8 Å². The maximum absolute atomic E-state index is 13.9. The monoisotopic (exact) mass is 628 g/mol. The fraction of sp³-hybridized carbons (Fsp3) is 0.448. The number of benzene rings is 2. The van der Waals surface area contributed by atoms with Crippen molar-refractivity contribution in [3.8, 4) is 0 Å². The van der Waals surface area contributed by atoms with Crippen molar-refractivity contribution in [3.05, 3.63) is 69.3 Å². The lowest BCUT2D eigenvalue weighted by molar-refractivity contribution is -0.147. The number of hydrogen-bond acceptors (Lipinski definition) is 4. The number of hydrogen-bond donors (Lipinski definition) is 2. The van der Waals surface area contributed by atoms with Crippen LogP contribution >= 0.6 is 22.6 Å². The molecule has 4 amide bonds. The molecule has 0 spiro atoms. The quantitative estimate of drug-likeness (QED) is 0.509. The van der Waals surface area contributed by atoms with Crippen LogP contribution in [0.3, 0.4) is 0 Å². The van der Waals surface area contributed by atoms with Crippen molar-refractivity contribution >= 4 is 46.2 Å². The highest BCUT2D eigenvalue weighted by atomic mass is 127. The first kappa shape index (κ1) is 26.6. The summed E-state index contributed by atoms with van der Waals surface area (Å²) in [5.41, 5.74) is 1.94. The number of fused-ring (bicyclic) bond motifs is 2. The minimum atomic E-state index is -0.792. The van der Waals surface area contributed by atoms with Gasteiger partial charge in [0.15, 0.2) is 0 Å². The van der Waals surface area contributed by atoms with Crippen LogP contribution < -0.4 is 10.6 Å². The van der Waals surface area contributed by atoms with Crippen LogP contribution in [0.15, 0.2) is 54.6 Å². The predicted octanol–water partition coefficient (Wildman–Crippen LogP) is 2.43. The van der Waals surface area contributed by atoms with Crippen molar-refractivity contribution in [3.63, 3.8) is 0 Å². The molecule has 2 aromatic rings. The molecule has 9 heteroatoms. The number of carbonyl (C=O) groups is 4. The Hall–Kier alpha value is -2.95. The van der Waals surface area contributed by atoms with Gasteiger partial charge in [0.25, 0.3) is 0 Å². The molecular formula is C29H33IN4O4. The number of rotatable bonds is 4. The van der Waals surface area contributed by atoms with E-state index in [4.69, 9.17) is 0 Å². The minimum absolute atomic E-state index is 0.0429. The number of nitrogens with one attached hydrogen (secondary N) is 2. The third-order valence-corrected chi connectivity index (χ3v) is 8.47. The lowest BCUT2D eigenvalue weighted by Gasteiger charge is -2.32. The predicted molar refractivity (Wildman–Crippen MR) is 151 cm³/mol. The molecule has 0 unspecified atom stereocenters. The van der Waals surface area contributed by atoms with Crippen molar-refractivity contribution in [1.82, 2.24) is 20.4 Å². The van der Waals surface area contributed by atoms with E-state index < -0.39 is 24.2 Å². The standard InChI is InChI=1S/C29H33IN4O4/c30-21-12-10-20(11-13-21)17-23-28(37)34-15-5-9-25(34)29(38)33-14-4-8-24(33)27(36)31-22(18-26(35)32-23)16-19-6-2-1-3-7-19/h1-3,6-7,10-13,22-25H,4-5,8-9,14-18H2,(H,31,36)(H,32,35)/t22-,23-,24-,25-/m0/s1. The molecule has 0 saturated carbocycles. The summed E-state index contributed by atoms with van der Waals surface area (Å²) in [7, 11) is 0. The van der Waals surface area contributed by atoms with Crippen LogP contribution in [0.25, 0.3) is 0 Å². The molecule has 3 aliphatic heterocycles. The summed E-state index contributed by atoms with van der Waals surface area (Å²) in [4.78, 5) is 57.7. The summed E-state index contributed by atoms with van der Waals surface area (Å²) in [6, 6.07) is 15.1. The maximum Gasteiger partial charge on any atom is 0.246 e. The van der Waals surface area contributed by atoms with Gasteiger partial charge in [-0.05, 0) is 78.0 Å². The summed E-state index contributed by atoms with van der Waals surface area (Å²) in [5.74, 6) is -0.914. The summed E-state index contributed by atoms with van der Waals surface area (Å²) in [6.07, 6.45) is 3.46. The molecule has 2 aromatic carbocycles. The molecule has 0 radical (unpaired) electrons. The molecule has 0 aliphatic carbocycles. The van der Waals surface area contributed by atoms with E-state index in [0.717, 1.165) is 27.5 Å². The zero-order valence-corrected chi connectivity index (χ0v) is 23.4. The molecule has 0 aromatic heterocycles. The molecule has 38 heavy (non-hydrogen) atoms. The van der Waals surface area contributed by atoms with Gasteiger partial charge >= 0.3 is 0 Å². The third kappa shape index (κ3) is 6.03. The van der Waals surface area contributed by atoms with Gasteiger partial charge in [-0.2, -0.15) is 0 Å². The molecule has 3 fully saturated rings. The molecular weight excluding hydrogens is 595 g/mol. The first-order chi connectivity index (χ1) is 18.4. The van der Waals surface area contributed by atoms with E-state index in [1.165, 1.54) is 0 Å². The average molecular weight is 629 g/mol. The zero-order valence-electron chi connectivity index (χ0n) is 21.3. The van der Waals surface area contributed by atoms with Crippen LogP contribution in [-0.2, 0) is 32.0 Å². The minimum Gasteiger partial charge on any atom is -0.351 e. The molecule has 0 bridgehead atoms. The maximum atomic E-state index is 13.9. The van der Waals surface area contributed by atoms with E-state index >= 15 is 0 Å². The fourth-order valence-corrected chi connectivity index (χ4v) is 6.24. The Labute approximate surface area is 236 Å². The van der Waals surface area contributed by atoms with E-state index in [1.54, 1.807) is 9.80 Å². The van der Waals surface area contributed by atoms with Crippen LogP contribution in [-0.4, -0.2) is 70.7 Å². The molecule has 3 heterocycles. The average Bonchev–Trinajstić information content (AvgIpc) is 3.59. The van der Waals surface area contributed by atoms with Crippen LogP contribution in [0.1, 0.15) is 43.2 Å². The van der Waals surface area contributed by atoms with Gasteiger partial charge in [0.05, 0.1) is 0 Å². The second kappa shape index (κ2) is 11.8. The fourth-order valence-electron chi connectivity index (χ4n) is 5.89. The number of halogens is 1. The van der Waals surface area contributed by atoms with Gasteiger partial charge in [-0.3, -0.25) is 19.2 Å². The van der Waals surface area contributed by atoms with Crippen molar-refractivity contribution in [2.24, 2.45) is 0 Å². The van der Waals surface area contributed by atoms with Gasteiger partial charge in [-0.15, -0.1) is 0 Å². The van der Waals surface area contributed by atoms with Crippen molar-refractivity contribution in [2.75, 3.05) is 13.1 Å².